The number of rotatable bonds is 1. The molecule has 4 saturated carbocycles. The van der Waals surface area contributed by atoms with Gasteiger partial charge in [-0.3, -0.25) is 0 Å². The van der Waals surface area contributed by atoms with Crippen LogP contribution in [0.4, 0.5) is 0 Å². The molecular formula is C24H36O3. The molecular weight excluding hydrogens is 336 g/mol. The molecule has 0 aromatic rings. The third kappa shape index (κ3) is 2.31. The molecule has 6 atom stereocenters. The van der Waals surface area contributed by atoms with Crippen LogP contribution in [0.5, 0.6) is 0 Å². The van der Waals surface area contributed by atoms with Gasteiger partial charge < -0.3 is 14.6 Å². The third-order valence-corrected chi connectivity index (χ3v) is 10.1. The van der Waals surface area contributed by atoms with Crippen molar-refractivity contribution >= 4 is 0 Å². The smallest absolute Gasteiger partial charge is 0.172 e. The van der Waals surface area contributed by atoms with Crippen molar-refractivity contribution in [3.63, 3.8) is 0 Å². The monoisotopic (exact) mass is 372 g/mol. The number of aliphatic hydroxyl groups is 1. The molecule has 0 amide bonds. The number of fused-ring (bicyclic) bond motifs is 5. The minimum absolute atomic E-state index is 0.0686. The van der Waals surface area contributed by atoms with Crippen LogP contribution in [-0.4, -0.2) is 30.2 Å². The molecule has 27 heavy (non-hydrogen) atoms. The molecule has 6 aliphatic rings. The highest BCUT2D eigenvalue weighted by molar-refractivity contribution is 5.35. The fourth-order valence-electron chi connectivity index (χ4n) is 8.35. The van der Waals surface area contributed by atoms with E-state index in [1.54, 1.807) is 5.57 Å². The molecule has 150 valence electrons. The standard InChI is InChI=1S/C24H36O3/c1-22-9-10-24(26-11-12-27-24)14-20(22)16(15-3-4-15)13-17-18-5-6-21(25)23(18,2)8-7-19(17)22/h15,17-19,21,25H,3-14H2,1-2H3/t17-,18-,19-,21?,22+,23-/m0/s1. The molecule has 0 radical (unpaired) electrons. The lowest BCUT2D eigenvalue weighted by molar-refractivity contribution is -0.186. The minimum atomic E-state index is -0.297. The fraction of sp³-hybridized carbons (Fsp3) is 0.917. The van der Waals surface area contributed by atoms with Gasteiger partial charge in [-0.15, -0.1) is 0 Å². The summed E-state index contributed by atoms with van der Waals surface area (Å²) in [6, 6.07) is 0. The first-order chi connectivity index (χ1) is 13.0. The van der Waals surface area contributed by atoms with Gasteiger partial charge in [0.15, 0.2) is 5.79 Å². The average Bonchev–Trinajstić information content (AvgIpc) is 3.32. The Labute approximate surface area is 163 Å². The topological polar surface area (TPSA) is 38.7 Å². The SMILES string of the molecule is C[C@]12CCC3(CC1=C(C1CC1)C[C@@H]1[C@@H]2CC[C@]2(C)C(O)CC[C@@H]12)OCCO3. The number of allylic oxidation sites excluding steroid dienone is 1. The quantitative estimate of drug-likeness (QED) is 0.670. The van der Waals surface area contributed by atoms with E-state index in [9.17, 15) is 5.11 Å². The zero-order valence-electron chi connectivity index (χ0n) is 17.1. The van der Waals surface area contributed by atoms with Crippen LogP contribution < -0.4 is 0 Å². The second-order valence-corrected chi connectivity index (χ2v) is 11.2. The summed E-state index contributed by atoms with van der Waals surface area (Å²) in [5, 5.41) is 10.8. The first-order valence-electron chi connectivity index (χ1n) is 11.6. The van der Waals surface area contributed by atoms with Crippen molar-refractivity contribution in [2.45, 2.75) is 89.9 Å². The Morgan fingerprint density at radius 2 is 1.67 bits per heavy atom. The summed E-state index contributed by atoms with van der Waals surface area (Å²) in [6.45, 7) is 6.54. The number of aliphatic hydroxyl groups excluding tert-OH is 1. The predicted octanol–water partition coefficient (Wildman–Crippen LogP) is 4.83. The average molecular weight is 373 g/mol. The second kappa shape index (κ2) is 5.61. The van der Waals surface area contributed by atoms with E-state index >= 15 is 0 Å². The highest BCUT2D eigenvalue weighted by Crippen LogP contribution is 2.68. The molecule has 3 nitrogen and oxygen atoms in total. The first-order valence-corrected chi connectivity index (χ1v) is 11.6. The Hall–Kier alpha value is -0.380. The maximum atomic E-state index is 10.8. The van der Waals surface area contributed by atoms with E-state index in [0.29, 0.717) is 5.41 Å². The molecule has 1 unspecified atom stereocenters. The predicted molar refractivity (Wildman–Crippen MR) is 104 cm³/mol. The van der Waals surface area contributed by atoms with E-state index in [1.807, 2.05) is 5.57 Å². The van der Waals surface area contributed by atoms with Gasteiger partial charge >= 0.3 is 0 Å². The zero-order chi connectivity index (χ0) is 18.4. The Kier molecular flexibility index (Phi) is 3.63. The molecule has 1 spiro atoms. The van der Waals surface area contributed by atoms with Crippen LogP contribution in [0.15, 0.2) is 11.1 Å². The highest BCUT2D eigenvalue weighted by Gasteiger charge is 2.61. The fourth-order valence-corrected chi connectivity index (χ4v) is 8.35. The molecule has 0 aromatic carbocycles. The molecule has 6 rings (SSSR count). The normalized spacial score (nSPS) is 51.2. The maximum absolute atomic E-state index is 10.8. The van der Waals surface area contributed by atoms with Gasteiger partial charge in [0.05, 0.1) is 19.3 Å². The summed E-state index contributed by atoms with van der Waals surface area (Å²) in [4.78, 5) is 0. The van der Waals surface area contributed by atoms with E-state index in [-0.39, 0.29) is 17.3 Å². The largest absolute Gasteiger partial charge is 0.393 e. The Bertz CT molecular complexity index is 673. The summed E-state index contributed by atoms with van der Waals surface area (Å²) in [5.41, 5.74) is 4.08. The summed E-state index contributed by atoms with van der Waals surface area (Å²) in [6.07, 6.45) is 12.2. The number of hydrogen-bond acceptors (Lipinski definition) is 3. The van der Waals surface area contributed by atoms with Crippen molar-refractivity contribution in [2.24, 2.45) is 34.5 Å². The van der Waals surface area contributed by atoms with Crippen molar-refractivity contribution < 1.29 is 14.6 Å². The van der Waals surface area contributed by atoms with Crippen LogP contribution in [0.25, 0.3) is 0 Å². The van der Waals surface area contributed by atoms with Crippen LogP contribution in [0.3, 0.4) is 0 Å². The Balaban J connectivity index is 1.41. The van der Waals surface area contributed by atoms with Crippen molar-refractivity contribution in [3.05, 3.63) is 11.1 Å². The van der Waals surface area contributed by atoms with Crippen LogP contribution in [0.2, 0.25) is 0 Å². The van der Waals surface area contributed by atoms with E-state index in [0.717, 1.165) is 56.1 Å². The first kappa shape index (κ1) is 17.5. The van der Waals surface area contributed by atoms with Gasteiger partial charge in [0.1, 0.15) is 0 Å². The summed E-state index contributed by atoms with van der Waals surface area (Å²) >= 11 is 0. The molecule has 5 fully saturated rings. The molecule has 1 heterocycles. The lowest BCUT2D eigenvalue weighted by Crippen LogP contribution is -2.53. The van der Waals surface area contributed by atoms with Gasteiger partial charge in [-0.2, -0.15) is 0 Å². The van der Waals surface area contributed by atoms with Crippen molar-refractivity contribution in [1.82, 2.24) is 0 Å². The van der Waals surface area contributed by atoms with Gasteiger partial charge in [0.25, 0.3) is 0 Å². The van der Waals surface area contributed by atoms with Crippen molar-refractivity contribution in [1.29, 1.82) is 0 Å². The number of ether oxygens (including phenoxy) is 2. The van der Waals surface area contributed by atoms with Crippen molar-refractivity contribution in [2.75, 3.05) is 13.2 Å². The summed E-state index contributed by atoms with van der Waals surface area (Å²) < 4.78 is 12.3. The van der Waals surface area contributed by atoms with Crippen LogP contribution in [0, 0.1) is 34.5 Å². The van der Waals surface area contributed by atoms with Gasteiger partial charge in [-0.1, -0.05) is 25.0 Å². The minimum Gasteiger partial charge on any atom is -0.393 e. The highest BCUT2D eigenvalue weighted by atomic mass is 16.7. The molecule has 0 aromatic heterocycles. The third-order valence-electron chi connectivity index (χ3n) is 10.1. The second-order valence-electron chi connectivity index (χ2n) is 11.2. The molecule has 1 saturated heterocycles. The molecule has 0 bridgehead atoms. The van der Waals surface area contributed by atoms with Gasteiger partial charge in [-0.05, 0) is 85.9 Å². The van der Waals surface area contributed by atoms with E-state index in [1.165, 1.54) is 44.9 Å². The molecule has 1 N–H and O–H groups in total. The summed E-state index contributed by atoms with van der Waals surface area (Å²) in [5.74, 6) is 2.88. The maximum Gasteiger partial charge on any atom is 0.172 e. The van der Waals surface area contributed by atoms with E-state index in [4.69, 9.17) is 9.47 Å². The summed E-state index contributed by atoms with van der Waals surface area (Å²) in [7, 11) is 0. The van der Waals surface area contributed by atoms with Crippen LogP contribution in [0.1, 0.15) is 78.1 Å². The Morgan fingerprint density at radius 3 is 2.41 bits per heavy atom. The molecule has 5 aliphatic carbocycles. The van der Waals surface area contributed by atoms with Crippen LogP contribution in [-0.2, 0) is 9.47 Å². The lowest BCUT2D eigenvalue weighted by Gasteiger charge is -2.60. The van der Waals surface area contributed by atoms with Gasteiger partial charge in [0, 0.05) is 12.8 Å². The lowest BCUT2D eigenvalue weighted by atomic mass is 9.46. The Morgan fingerprint density at radius 1 is 0.889 bits per heavy atom. The number of hydrogen-bond donors (Lipinski definition) is 1. The van der Waals surface area contributed by atoms with E-state index in [2.05, 4.69) is 13.8 Å². The molecule has 1 aliphatic heterocycles. The van der Waals surface area contributed by atoms with Gasteiger partial charge in [0.2, 0.25) is 0 Å². The van der Waals surface area contributed by atoms with Crippen molar-refractivity contribution in [3.8, 4) is 0 Å². The zero-order valence-corrected chi connectivity index (χ0v) is 17.1. The molecule has 3 heteroatoms. The van der Waals surface area contributed by atoms with Gasteiger partial charge in [-0.25, -0.2) is 0 Å². The van der Waals surface area contributed by atoms with E-state index < -0.39 is 0 Å². The van der Waals surface area contributed by atoms with Crippen LogP contribution >= 0.6 is 0 Å².